The van der Waals surface area contributed by atoms with E-state index in [1.54, 1.807) is 42.9 Å². The normalized spacial score (nSPS) is 11.6. The number of esters is 1. The Bertz CT molecular complexity index is 1420. The molecule has 37 heavy (non-hydrogen) atoms. The predicted octanol–water partition coefficient (Wildman–Crippen LogP) is 8.16. The van der Waals surface area contributed by atoms with Crippen LogP contribution in [0.2, 0.25) is 10.0 Å². The van der Waals surface area contributed by atoms with Gasteiger partial charge in [-0.25, -0.2) is 4.79 Å². The zero-order valence-electron chi connectivity index (χ0n) is 19.9. The molecule has 0 saturated carbocycles. The van der Waals surface area contributed by atoms with Crippen molar-refractivity contribution in [3.8, 4) is 5.75 Å². The summed E-state index contributed by atoms with van der Waals surface area (Å²) in [6.45, 7) is 4.58. The van der Waals surface area contributed by atoms with Crippen molar-refractivity contribution >= 4 is 46.2 Å². The van der Waals surface area contributed by atoms with E-state index >= 15 is 0 Å². The summed E-state index contributed by atoms with van der Waals surface area (Å²) in [4.78, 5) is 12.3. The summed E-state index contributed by atoms with van der Waals surface area (Å²) >= 11 is 11.8. The van der Waals surface area contributed by atoms with Crippen LogP contribution in [0.15, 0.2) is 108 Å². The zero-order chi connectivity index (χ0) is 26.0. The van der Waals surface area contributed by atoms with E-state index in [1.807, 2.05) is 48.5 Å². The highest BCUT2D eigenvalue weighted by atomic mass is 35.5. The van der Waals surface area contributed by atoms with E-state index in [0.717, 1.165) is 22.1 Å². The fourth-order valence-electron chi connectivity index (χ4n) is 3.33. The molecule has 0 aliphatic carbocycles. The van der Waals surface area contributed by atoms with Gasteiger partial charge in [-0.15, -0.1) is 0 Å². The largest absolute Gasteiger partial charge is 0.496 e. The number of furan rings is 1. The number of ether oxygens (including phenoxy) is 3. The SMILES string of the molecule is C=C/C(=C/OCc1ccc(Cl)cc1)COc1cc2occc2cc1/C=C/C(=O)OCc1ccc(Cl)cc1. The molecule has 0 radical (unpaired) electrons. The second-order valence-corrected chi connectivity index (χ2v) is 8.91. The van der Waals surface area contributed by atoms with E-state index in [-0.39, 0.29) is 13.2 Å². The van der Waals surface area contributed by atoms with E-state index in [0.29, 0.717) is 33.5 Å². The van der Waals surface area contributed by atoms with Crippen LogP contribution in [0.5, 0.6) is 5.75 Å². The summed E-state index contributed by atoms with van der Waals surface area (Å²) in [5.74, 6) is 0.0603. The van der Waals surface area contributed by atoms with Crippen molar-refractivity contribution in [2.45, 2.75) is 13.2 Å². The number of hydrogen-bond acceptors (Lipinski definition) is 5. The fraction of sp³-hybridized carbons (Fsp3) is 0.100. The summed E-state index contributed by atoms with van der Waals surface area (Å²) in [5.41, 5.74) is 3.94. The van der Waals surface area contributed by atoms with E-state index in [1.165, 1.54) is 6.08 Å². The fourth-order valence-corrected chi connectivity index (χ4v) is 3.58. The lowest BCUT2D eigenvalue weighted by Crippen LogP contribution is -2.03. The molecule has 4 rings (SSSR count). The van der Waals surface area contributed by atoms with Gasteiger partial charge < -0.3 is 18.6 Å². The van der Waals surface area contributed by atoms with E-state index in [9.17, 15) is 4.79 Å². The molecule has 0 spiro atoms. The highest BCUT2D eigenvalue weighted by Gasteiger charge is 2.09. The highest BCUT2D eigenvalue weighted by molar-refractivity contribution is 6.30. The molecule has 4 aromatic rings. The molecule has 0 amide bonds. The molecule has 0 unspecified atom stereocenters. The van der Waals surface area contributed by atoms with E-state index in [4.69, 9.17) is 41.8 Å². The topological polar surface area (TPSA) is 57.9 Å². The predicted molar refractivity (Wildman–Crippen MR) is 147 cm³/mol. The molecule has 5 nitrogen and oxygen atoms in total. The number of benzene rings is 3. The maximum Gasteiger partial charge on any atom is 0.331 e. The van der Waals surface area contributed by atoms with Crippen LogP contribution in [0.25, 0.3) is 17.0 Å². The van der Waals surface area contributed by atoms with Gasteiger partial charge in [-0.3, -0.25) is 0 Å². The number of hydrogen-bond donors (Lipinski definition) is 0. The quantitative estimate of drug-likeness (QED) is 0.0840. The van der Waals surface area contributed by atoms with E-state index in [2.05, 4.69) is 6.58 Å². The minimum absolute atomic E-state index is 0.147. The van der Waals surface area contributed by atoms with Crippen LogP contribution < -0.4 is 4.74 Å². The van der Waals surface area contributed by atoms with Gasteiger partial charge in [-0.1, -0.05) is 60.1 Å². The minimum Gasteiger partial charge on any atom is -0.496 e. The van der Waals surface area contributed by atoms with Crippen molar-refractivity contribution in [2.75, 3.05) is 6.61 Å². The molecule has 0 atom stereocenters. The minimum atomic E-state index is -0.476. The van der Waals surface area contributed by atoms with E-state index < -0.39 is 5.97 Å². The molecule has 0 saturated heterocycles. The first-order chi connectivity index (χ1) is 18.0. The molecular weight excluding hydrogens is 511 g/mol. The third-order valence-electron chi connectivity index (χ3n) is 5.33. The Morgan fingerprint density at radius 1 is 0.919 bits per heavy atom. The lowest BCUT2D eigenvalue weighted by atomic mass is 10.1. The van der Waals surface area contributed by atoms with Gasteiger partial charge in [0.25, 0.3) is 0 Å². The number of carbonyl (C=O) groups is 1. The average Bonchev–Trinajstić information content (AvgIpc) is 3.37. The number of carbonyl (C=O) groups excluding carboxylic acids is 1. The summed E-state index contributed by atoms with van der Waals surface area (Å²) in [6, 6.07) is 20.0. The van der Waals surface area contributed by atoms with Crippen molar-refractivity contribution < 1.29 is 23.4 Å². The molecule has 3 aromatic carbocycles. The maximum atomic E-state index is 12.3. The number of fused-ring (bicyclic) bond motifs is 1. The molecule has 1 aromatic heterocycles. The second kappa shape index (κ2) is 12.9. The van der Waals surface area contributed by atoms with Gasteiger partial charge in [0, 0.05) is 38.7 Å². The standard InChI is InChI=1S/C30H24Cl2O5/c1-2-21(17-34-18-22-3-8-26(31)9-4-22)19-36-29-16-28-25(13-14-35-28)15-24(29)7-12-30(33)37-20-23-5-10-27(32)11-6-23/h2-17H,1,18-20H2/b12-7+,21-17-. The first kappa shape index (κ1) is 26.1. The Morgan fingerprint density at radius 3 is 2.27 bits per heavy atom. The van der Waals surface area contributed by atoms with Gasteiger partial charge in [0.15, 0.2) is 0 Å². The van der Waals surface area contributed by atoms with Crippen LogP contribution in [0.1, 0.15) is 16.7 Å². The van der Waals surface area contributed by atoms with Crippen molar-refractivity contribution in [1.29, 1.82) is 0 Å². The Hall–Kier alpha value is -3.93. The molecule has 7 heteroatoms. The van der Waals surface area contributed by atoms with Gasteiger partial charge in [0.05, 0.1) is 12.5 Å². The van der Waals surface area contributed by atoms with Crippen LogP contribution in [0, 0.1) is 0 Å². The Kier molecular flexibility index (Phi) is 9.08. The van der Waals surface area contributed by atoms with Crippen molar-refractivity contribution in [1.82, 2.24) is 0 Å². The van der Waals surface area contributed by atoms with Gasteiger partial charge in [0.1, 0.15) is 31.2 Å². The van der Waals surface area contributed by atoms with Crippen molar-refractivity contribution in [3.63, 3.8) is 0 Å². The summed E-state index contributed by atoms with van der Waals surface area (Å²) < 4.78 is 22.6. The molecule has 0 N–H and O–H groups in total. The molecule has 0 aliphatic rings. The summed E-state index contributed by atoms with van der Waals surface area (Å²) in [5, 5.41) is 2.18. The van der Waals surface area contributed by atoms with Crippen LogP contribution in [-0.4, -0.2) is 12.6 Å². The van der Waals surface area contributed by atoms with Gasteiger partial charge in [-0.05, 0) is 53.6 Å². The maximum absolute atomic E-state index is 12.3. The van der Waals surface area contributed by atoms with Crippen LogP contribution >= 0.6 is 23.2 Å². The van der Waals surface area contributed by atoms with Crippen molar-refractivity contribution in [3.05, 3.63) is 130 Å². The molecular formula is C30H24Cl2O5. The monoisotopic (exact) mass is 534 g/mol. The molecule has 0 bridgehead atoms. The Labute approximate surface area is 225 Å². The second-order valence-electron chi connectivity index (χ2n) is 8.04. The molecule has 0 fully saturated rings. The Balaban J connectivity index is 1.40. The lowest BCUT2D eigenvalue weighted by Gasteiger charge is -2.11. The first-order valence-corrected chi connectivity index (χ1v) is 12.2. The smallest absolute Gasteiger partial charge is 0.331 e. The van der Waals surface area contributed by atoms with Crippen LogP contribution in [0.3, 0.4) is 0 Å². The molecule has 1 heterocycles. The summed E-state index contributed by atoms with van der Waals surface area (Å²) in [7, 11) is 0. The molecule has 188 valence electrons. The average molecular weight is 535 g/mol. The lowest BCUT2D eigenvalue weighted by molar-refractivity contribution is -0.138. The van der Waals surface area contributed by atoms with Crippen LogP contribution in [0.4, 0.5) is 0 Å². The third kappa shape index (κ3) is 7.78. The van der Waals surface area contributed by atoms with Gasteiger partial charge in [0.2, 0.25) is 0 Å². The number of rotatable bonds is 11. The zero-order valence-corrected chi connectivity index (χ0v) is 21.4. The highest BCUT2D eigenvalue weighted by Crippen LogP contribution is 2.28. The summed E-state index contributed by atoms with van der Waals surface area (Å²) in [6.07, 6.45) is 7.89. The van der Waals surface area contributed by atoms with Crippen LogP contribution in [-0.2, 0) is 27.5 Å². The van der Waals surface area contributed by atoms with Gasteiger partial charge >= 0.3 is 5.97 Å². The number of halogens is 2. The first-order valence-electron chi connectivity index (χ1n) is 11.4. The van der Waals surface area contributed by atoms with Gasteiger partial charge in [-0.2, -0.15) is 0 Å². The van der Waals surface area contributed by atoms with Crippen molar-refractivity contribution in [2.24, 2.45) is 0 Å². The molecule has 0 aliphatic heterocycles. The third-order valence-corrected chi connectivity index (χ3v) is 5.84. The Morgan fingerprint density at radius 2 is 1.59 bits per heavy atom.